The average molecular weight is 533 g/mol. The van der Waals surface area contributed by atoms with Crippen molar-refractivity contribution in [3.05, 3.63) is 39.9 Å². The summed E-state index contributed by atoms with van der Waals surface area (Å²) in [6.07, 6.45) is 5.66. The molecule has 2 aliphatic heterocycles. The highest BCUT2D eigenvalue weighted by molar-refractivity contribution is 7.14. The second kappa shape index (κ2) is 9.45. The summed E-state index contributed by atoms with van der Waals surface area (Å²) in [4.78, 5) is 14.9. The summed E-state index contributed by atoms with van der Waals surface area (Å²) in [7, 11) is 2.42. The van der Waals surface area contributed by atoms with Gasteiger partial charge in [0.05, 0.1) is 32.2 Å². The first-order valence-electron chi connectivity index (χ1n) is 9.97. The third kappa shape index (κ3) is 4.42. The smallest absolute Gasteiger partial charge is 0.415 e. The number of rotatable bonds is 6. The van der Waals surface area contributed by atoms with Crippen molar-refractivity contribution in [2.75, 3.05) is 18.5 Å². The van der Waals surface area contributed by atoms with Gasteiger partial charge in [-0.05, 0) is 46.3 Å². The summed E-state index contributed by atoms with van der Waals surface area (Å²) in [6, 6.07) is 7.36. The van der Waals surface area contributed by atoms with Crippen molar-refractivity contribution >= 4 is 33.8 Å². The molecular formula is C21H29IN2O2S2. The third-order valence-corrected chi connectivity index (χ3v) is 8.08. The van der Waals surface area contributed by atoms with Crippen LogP contribution in [-0.4, -0.2) is 42.4 Å². The Morgan fingerprint density at radius 3 is 2.57 bits per heavy atom. The molecular weight excluding hydrogens is 503 g/mol. The van der Waals surface area contributed by atoms with Crippen molar-refractivity contribution in [2.45, 2.75) is 63.8 Å². The summed E-state index contributed by atoms with van der Waals surface area (Å²) in [6.45, 7) is 4.10. The molecule has 28 heavy (non-hydrogen) atoms. The fourth-order valence-electron chi connectivity index (χ4n) is 5.06. The Morgan fingerprint density at radius 1 is 1.25 bits per heavy atom. The molecule has 0 radical (unpaired) electrons. The second-order valence-corrected chi connectivity index (χ2v) is 9.81. The van der Waals surface area contributed by atoms with Crippen LogP contribution in [0.4, 0.5) is 9.80 Å². The lowest BCUT2D eigenvalue weighted by molar-refractivity contribution is -0.949. The van der Waals surface area contributed by atoms with E-state index in [1.165, 1.54) is 30.3 Å². The molecule has 0 aromatic carbocycles. The van der Waals surface area contributed by atoms with Crippen LogP contribution in [0.15, 0.2) is 34.3 Å². The zero-order valence-electron chi connectivity index (χ0n) is 16.6. The van der Waals surface area contributed by atoms with Gasteiger partial charge in [0.2, 0.25) is 0 Å². The molecule has 4 rings (SSSR count). The van der Waals surface area contributed by atoms with E-state index in [9.17, 15) is 4.79 Å². The monoisotopic (exact) mass is 532 g/mol. The Bertz CT molecular complexity index is 737. The van der Waals surface area contributed by atoms with Crippen LogP contribution in [-0.2, 0) is 11.3 Å². The first kappa shape index (κ1) is 22.1. The number of piperidine rings is 1. The van der Waals surface area contributed by atoms with E-state index in [1.54, 1.807) is 27.6 Å². The number of anilines is 1. The number of ether oxygens (including phenoxy) is 1. The summed E-state index contributed by atoms with van der Waals surface area (Å²) in [5.41, 5.74) is 1.15. The van der Waals surface area contributed by atoms with Crippen LogP contribution in [0.3, 0.4) is 0 Å². The van der Waals surface area contributed by atoms with E-state index in [-0.39, 0.29) is 36.2 Å². The molecule has 2 aromatic heterocycles. The maximum atomic E-state index is 13.1. The topological polar surface area (TPSA) is 29.5 Å². The Morgan fingerprint density at radius 2 is 2.00 bits per heavy atom. The van der Waals surface area contributed by atoms with Gasteiger partial charge in [-0.25, -0.2) is 4.79 Å². The molecule has 7 heteroatoms. The Labute approximate surface area is 193 Å². The largest absolute Gasteiger partial charge is 1.00 e. The van der Waals surface area contributed by atoms with E-state index in [0.717, 1.165) is 23.4 Å². The number of nitrogens with zero attached hydrogens (tertiary/aromatic N) is 2. The molecule has 2 bridgehead atoms. The number of hydrogen-bond acceptors (Lipinski definition) is 4. The number of fused-ring (bicyclic) bond motifs is 2. The number of carbonyl (C=O) groups is 1. The van der Waals surface area contributed by atoms with Crippen LogP contribution in [0.5, 0.6) is 0 Å². The van der Waals surface area contributed by atoms with Gasteiger partial charge in [-0.1, -0.05) is 6.92 Å². The van der Waals surface area contributed by atoms with E-state index in [1.807, 2.05) is 17.5 Å². The minimum Gasteiger partial charge on any atom is -1.00 e. The SMILES string of the molecule is CCC[N+]1(C)C2CCC1CC(OC(=O)N(Cc1ccsc1)c1cccs1)C2.[I-]. The summed E-state index contributed by atoms with van der Waals surface area (Å²) < 4.78 is 7.25. The van der Waals surface area contributed by atoms with Crippen LogP contribution in [0.1, 0.15) is 44.6 Å². The molecule has 0 saturated carbocycles. The summed E-state index contributed by atoms with van der Waals surface area (Å²) in [5, 5.41) is 7.12. The normalized spacial score (nSPS) is 28.6. The maximum Gasteiger partial charge on any atom is 0.415 e. The van der Waals surface area contributed by atoms with E-state index >= 15 is 0 Å². The highest BCUT2D eigenvalue weighted by Crippen LogP contribution is 2.42. The van der Waals surface area contributed by atoms with Gasteiger partial charge in [0.25, 0.3) is 0 Å². The first-order chi connectivity index (χ1) is 13.1. The molecule has 4 heterocycles. The number of halogens is 1. The highest BCUT2D eigenvalue weighted by Gasteiger charge is 2.52. The van der Waals surface area contributed by atoms with Crippen LogP contribution < -0.4 is 28.9 Å². The lowest BCUT2D eigenvalue weighted by Crippen LogP contribution is -3.00. The zero-order chi connectivity index (χ0) is 18.9. The molecule has 2 atom stereocenters. The molecule has 2 aromatic rings. The molecule has 0 spiro atoms. The van der Waals surface area contributed by atoms with E-state index in [2.05, 4.69) is 30.8 Å². The molecule has 4 nitrogen and oxygen atoms in total. The molecule has 2 saturated heterocycles. The number of hydrogen-bond donors (Lipinski definition) is 0. The van der Waals surface area contributed by atoms with Crippen molar-refractivity contribution in [1.29, 1.82) is 0 Å². The number of amides is 1. The van der Waals surface area contributed by atoms with Gasteiger partial charge >= 0.3 is 6.09 Å². The molecule has 2 unspecified atom stereocenters. The Hall–Kier alpha value is -0.640. The van der Waals surface area contributed by atoms with Crippen molar-refractivity contribution in [3.8, 4) is 0 Å². The zero-order valence-corrected chi connectivity index (χ0v) is 20.3. The van der Waals surface area contributed by atoms with Crippen molar-refractivity contribution in [2.24, 2.45) is 0 Å². The second-order valence-electron chi connectivity index (χ2n) is 8.10. The predicted molar refractivity (Wildman–Crippen MR) is 112 cm³/mol. The fraction of sp³-hybridized carbons (Fsp3) is 0.571. The standard InChI is InChI=1S/C21H29N2O2S2.HI/c1-3-9-23(2)17-6-7-18(23)13-19(12-17)25-21(24)22(20-5-4-10-27-20)14-16-8-11-26-15-16;/h4-5,8,10-11,15,17-19H,3,6-7,9,12-14H2,1-2H3;1H/q+1;/p-1. The minimum atomic E-state index is -0.195. The van der Waals surface area contributed by atoms with Gasteiger partial charge in [0, 0.05) is 25.7 Å². The van der Waals surface area contributed by atoms with Gasteiger partial charge in [-0.2, -0.15) is 11.3 Å². The van der Waals surface area contributed by atoms with Gasteiger partial charge in [-0.3, -0.25) is 4.90 Å². The molecule has 154 valence electrons. The molecule has 2 fully saturated rings. The third-order valence-electron chi connectivity index (χ3n) is 6.46. The van der Waals surface area contributed by atoms with Crippen molar-refractivity contribution < 1.29 is 38.0 Å². The molecule has 0 aliphatic carbocycles. The van der Waals surface area contributed by atoms with E-state index in [0.29, 0.717) is 18.6 Å². The number of quaternary nitrogens is 1. The van der Waals surface area contributed by atoms with Crippen molar-refractivity contribution in [1.82, 2.24) is 0 Å². The van der Waals surface area contributed by atoms with Gasteiger partial charge in [0.15, 0.2) is 0 Å². The maximum absolute atomic E-state index is 13.1. The van der Waals surface area contributed by atoms with E-state index < -0.39 is 0 Å². The Kier molecular flexibility index (Phi) is 7.44. The fourth-order valence-corrected chi connectivity index (χ4v) is 6.44. The predicted octanol–water partition coefficient (Wildman–Crippen LogP) is 2.51. The average Bonchev–Trinajstić information content (AvgIpc) is 3.36. The van der Waals surface area contributed by atoms with Gasteiger partial charge in [-0.15, -0.1) is 11.3 Å². The van der Waals surface area contributed by atoms with E-state index in [4.69, 9.17) is 4.74 Å². The van der Waals surface area contributed by atoms with Crippen LogP contribution >= 0.6 is 22.7 Å². The summed E-state index contributed by atoms with van der Waals surface area (Å²) in [5.74, 6) is 0. The van der Waals surface area contributed by atoms with Crippen LogP contribution in [0.25, 0.3) is 0 Å². The van der Waals surface area contributed by atoms with Crippen LogP contribution in [0, 0.1) is 0 Å². The summed E-state index contributed by atoms with van der Waals surface area (Å²) >= 11 is 3.25. The molecule has 2 aliphatic rings. The lowest BCUT2D eigenvalue weighted by atomic mass is 9.96. The minimum absolute atomic E-state index is 0. The molecule has 1 amide bonds. The lowest BCUT2D eigenvalue weighted by Gasteiger charge is -2.46. The van der Waals surface area contributed by atoms with Gasteiger partial charge < -0.3 is 33.2 Å². The number of thiophene rings is 2. The highest BCUT2D eigenvalue weighted by atomic mass is 127. The quantitative estimate of drug-likeness (QED) is 0.423. The Balaban J connectivity index is 0.00000225. The first-order valence-corrected chi connectivity index (χ1v) is 11.8. The molecule has 0 N–H and O–H groups in total. The van der Waals surface area contributed by atoms with Gasteiger partial charge in [0.1, 0.15) is 11.1 Å². The van der Waals surface area contributed by atoms with Crippen LogP contribution in [0.2, 0.25) is 0 Å². The van der Waals surface area contributed by atoms with Crippen molar-refractivity contribution in [3.63, 3.8) is 0 Å². The number of carbonyl (C=O) groups excluding carboxylic acids is 1.